The number of carboxylic acids is 2. The van der Waals surface area contributed by atoms with E-state index in [-0.39, 0.29) is 38.8 Å². The van der Waals surface area contributed by atoms with Gasteiger partial charge >= 0.3 is 11.9 Å². The number of rotatable bonds is 19. The van der Waals surface area contributed by atoms with E-state index in [9.17, 15) is 49.2 Å². The molecule has 16 heteroatoms. The molecule has 16 nitrogen and oxygen atoms in total. The number of Topliss-reactive ketones (excluding diaryl/α,β-unsaturated/α-hetero) is 2. The topological polar surface area (TPSA) is 300 Å². The van der Waals surface area contributed by atoms with Crippen LogP contribution in [0.1, 0.15) is 38.5 Å². The maximum absolute atomic E-state index is 12.0. The van der Waals surface area contributed by atoms with Crippen molar-refractivity contribution in [3.63, 3.8) is 0 Å². The summed E-state index contributed by atoms with van der Waals surface area (Å²) in [5.74, 6) is -5.95. The van der Waals surface area contributed by atoms with E-state index in [0.717, 1.165) is 0 Å². The monoisotopic (exact) mass is 522 g/mol. The first kappa shape index (κ1) is 33.0. The summed E-state index contributed by atoms with van der Waals surface area (Å²) in [4.78, 5) is 68.2. The summed E-state index contributed by atoms with van der Waals surface area (Å²) in [7, 11) is 0. The quantitative estimate of drug-likeness (QED) is 0.0710. The minimum Gasteiger partial charge on any atom is -0.481 e. The molecule has 0 aliphatic carbocycles. The Hall–Kier alpha value is -3.02. The first-order chi connectivity index (χ1) is 16.7. The van der Waals surface area contributed by atoms with Crippen molar-refractivity contribution in [1.29, 1.82) is 0 Å². The number of hydrogen-bond acceptors (Lipinski definition) is 12. The van der Waals surface area contributed by atoms with Gasteiger partial charge in [-0.05, 0) is 12.8 Å². The lowest BCUT2D eigenvalue weighted by Crippen LogP contribution is -2.52. The predicted molar refractivity (Wildman–Crippen MR) is 119 cm³/mol. The Balaban J connectivity index is 4.42. The molecule has 0 rings (SSSR count). The van der Waals surface area contributed by atoms with Crippen LogP contribution in [0.4, 0.5) is 0 Å². The van der Waals surface area contributed by atoms with Crippen LogP contribution in [-0.4, -0.2) is 116 Å². The third-order valence-electron chi connectivity index (χ3n) is 4.93. The zero-order valence-corrected chi connectivity index (χ0v) is 19.4. The Morgan fingerprint density at radius 2 is 1.03 bits per heavy atom. The Kier molecular flexibility index (Phi) is 15.2. The zero-order chi connectivity index (χ0) is 28.0. The molecule has 0 radical (unpaired) electrons. The number of aliphatic carboxylic acids is 2. The molecule has 36 heavy (non-hydrogen) atoms. The van der Waals surface area contributed by atoms with Gasteiger partial charge in [0, 0.05) is 25.9 Å². The molecule has 2 amide bonds. The van der Waals surface area contributed by atoms with Crippen molar-refractivity contribution in [2.24, 2.45) is 11.5 Å². The number of nitrogens with two attached hydrogens (primary N) is 2. The molecule has 0 saturated heterocycles. The smallest absolute Gasteiger partial charge is 0.305 e. The third kappa shape index (κ3) is 12.6. The maximum Gasteiger partial charge on any atom is 0.305 e. The Morgan fingerprint density at radius 1 is 0.611 bits per heavy atom. The van der Waals surface area contributed by atoms with E-state index in [4.69, 9.17) is 21.7 Å². The Bertz CT molecular complexity index is 729. The fourth-order valence-electron chi connectivity index (χ4n) is 2.82. The normalized spacial score (nSPS) is 16.1. The molecule has 0 unspecified atom stereocenters. The lowest BCUT2D eigenvalue weighted by molar-refractivity contribution is -0.154. The number of carboxylic acid groups (broad SMARTS) is 2. The molecule has 0 aromatic heterocycles. The SMILES string of the molecule is N[C@H](CC(=O)O)C(=O)CCCNC(=O)[C@H](O)[C@@H](O)[C@@H](O)[C@H](O)C(=O)CCCNC(=O)[C@H](N)CC(=O)O. The number of nitrogens with one attached hydrogen (secondary N) is 2. The van der Waals surface area contributed by atoms with Crippen LogP contribution in [0, 0.1) is 0 Å². The van der Waals surface area contributed by atoms with E-state index in [1.54, 1.807) is 0 Å². The molecule has 0 bridgehead atoms. The van der Waals surface area contributed by atoms with Gasteiger partial charge in [0.1, 0.15) is 24.1 Å². The van der Waals surface area contributed by atoms with Gasteiger partial charge in [-0.15, -0.1) is 0 Å². The van der Waals surface area contributed by atoms with Gasteiger partial charge < -0.3 is 52.7 Å². The highest BCUT2D eigenvalue weighted by Crippen LogP contribution is 2.09. The van der Waals surface area contributed by atoms with Crippen LogP contribution in [0.3, 0.4) is 0 Å². The van der Waals surface area contributed by atoms with Gasteiger partial charge in [0.05, 0.1) is 24.9 Å². The first-order valence-electron chi connectivity index (χ1n) is 11.0. The number of aliphatic hydroxyl groups is 4. The van der Waals surface area contributed by atoms with Crippen LogP contribution in [-0.2, 0) is 28.8 Å². The summed E-state index contributed by atoms with van der Waals surface area (Å²) >= 11 is 0. The van der Waals surface area contributed by atoms with Crippen LogP contribution in [0.5, 0.6) is 0 Å². The van der Waals surface area contributed by atoms with Crippen LogP contribution in [0.15, 0.2) is 0 Å². The van der Waals surface area contributed by atoms with Crippen molar-refractivity contribution in [2.45, 2.75) is 75.0 Å². The molecule has 206 valence electrons. The summed E-state index contributed by atoms with van der Waals surface area (Å²) in [6.45, 7) is -0.258. The van der Waals surface area contributed by atoms with Gasteiger partial charge in [0.25, 0.3) is 5.91 Å². The molecule has 0 heterocycles. The fourth-order valence-corrected chi connectivity index (χ4v) is 2.82. The predicted octanol–water partition coefficient (Wildman–Crippen LogP) is -5.03. The lowest BCUT2D eigenvalue weighted by Gasteiger charge is -2.25. The minimum absolute atomic E-state index is 0.0257. The van der Waals surface area contributed by atoms with E-state index in [2.05, 4.69) is 10.6 Å². The standard InChI is InChI=1S/C20H34N4O12/c21-9(7-13(27)28)11(25)3-1-6-24-20(36)18(34)17(33)16(32)15(31)12(26)4-2-5-23-19(35)10(22)8-14(29)30/h9-10,15-18,31-34H,1-8,21-22H2,(H,23,35)(H,24,36)(H,27,28)(H,29,30)/t9-,10-,15-,16+,17+,18-/m1/s1. The second-order valence-corrected chi connectivity index (χ2v) is 8.00. The van der Waals surface area contributed by atoms with Crippen molar-refractivity contribution in [2.75, 3.05) is 13.1 Å². The molecule has 0 spiro atoms. The molecule has 0 aromatic rings. The molecule has 0 fully saturated rings. The number of hydrogen-bond donors (Lipinski definition) is 10. The van der Waals surface area contributed by atoms with Gasteiger partial charge in [0.15, 0.2) is 11.9 Å². The third-order valence-corrected chi connectivity index (χ3v) is 4.93. The van der Waals surface area contributed by atoms with Crippen LogP contribution >= 0.6 is 0 Å². The molecule has 0 aromatic carbocycles. The highest BCUT2D eigenvalue weighted by atomic mass is 16.4. The van der Waals surface area contributed by atoms with E-state index in [1.807, 2.05) is 0 Å². The van der Waals surface area contributed by atoms with E-state index >= 15 is 0 Å². The van der Waals surface area contributed by atoms with Gasteiger partial charge in [-0.1, -0.05) is 0 Å². The van der Waals surface area contributed by atoms with E-state index < -0.39 is 84.7 Å². The highest BCUT2D eigenvalue weighted by molar-refractivity contribution is 5.88. The molecular weight excluding hydrogens is 488 g/mol. The number of amides is 2. The fraction of sp³-hybridized carbons (Fsp3) is 0.700. The Labute approximate surface area is 205 Å². The molecule has 6 atom stereocenters. The Morgan fingerprint density at radius 3 is 1.53 bits per heavy atom. The van der Waals surface area contributed by atoms with Crippen LogP contribution in [0.25, 0.3) is 0 Å². The highest BCUT2D eigenvalue weighted by Gasteiger charge is 2.37. The van der Waals surface area contributed by atoms with E-state index in [1.165, 1.54) is 0 Å². The summed E-state index contributed by atoms with van der Waals surface area (Å²) in [5.41, 5.74) is 10.8. The maximum atomic E-state index is 12.0. The van der Waals surface area contributed by atoms with E-state index in [0.29, 0.717) is 0 Å². The summed E-state index contributed by atoms with van der Waals surface area (Å²) in [5, 5.41) is 61.3. The average molecular weight is 523 g/mol. The summed E-state index contributed by atoms with van der Waals surface area (Å²) in [6, 6.07) is -2.49. The number of ketones is 2. The van der Waals surface area contributed by atoms with Gasteiger partial charge in [0.2, 0.25) is 5.91 Å². The number of aliphatic hydroxyl groups excluding tert-OH is 4. The minimum atomic E-state index is -2.25. The molecule has 0 saturated carbocycles. The van der Waals surface area contributed by atoms with Crippen molar-refractivity contribution in [1.82, 2.24) is 10.6 Å². The van der Waals surface area contributed by atoms with Crippen molar-refractivity contribution >= 4 is 35.3 Å². The second-order valence-electron chi connectivity index (χ2n) is 8.00. The largest absolute Gasteiger partial charge is 0.481 e. The summed E-state index contributed by atoms with van der Waals surface area (Å²) < 4.78 is 0. The molecule has 12 N–H and O–H groups in total. The average Bonchev–Trinajstić information content (AvgIpc) is 2.80. The number of carbonyl (C=O) groups is 6. The second kappa shape index (κ2) is 16.6. The molecule has 0 aliphatic heterocycles. The van der Waals surface area contributed by atoms with Gasteiger partial charge in [-0.25, -0.2) is 0 Å². The lowest BCUT2D eigenvalue weighted by atomic mass is 9.97. The van der Waals surface area contributed by atoms with Crippen molar-refractivity contribution < 1.29 is 59.4 Å². The van der Waals surface area contributed by atoms with Gasteiger partial charge in [-0.3, -0.25) is 28.8 Å². The van der Waals surface area contributed by atoms with Gasteiger partial charge in [-0.2, -0.15) is 0 Å². The van der Waals surface area contributed by atoms with Crippen molar-refractivity contribution in [3.8, 4) is 0 Å². The zero-order valence-electron chi connectivity index (χ0n) is 19.4. The van der Waals surface area contributed by atoms with Crippen molar-refractivity contribution in [3.05, 3.63) is 0 Å². The van der Waals surface area contributed by atoms with Crippen LogP contribution < -0.4 is 22.1 Å². The summed E-state index contributed by atoms with van der Waals surface area (Å²) in [6.07, 6.45) is -10.5. The number of carbonyl (C=O) groups excluding carboxylic acids is 4. The molecule has 0 aliphatic rings. The first-order valence-corrected chi connectivity index (χ1v) is 11.0. The molecular formula is C20H34N4O12. The van der Waals surface area contributed by atoms with Crippen LogP contribution in [0.2, 0.25) is 0 Å².